The van der Waals surface area contributed by atoms with Gasteiger partial charge in [0.15, 0.2) is 6.10 Å². The molecule has 9 heteroatoms. The quantitative estimate of drug-likeness (QED) is 0.0211. The Bertz CT molecular complexity index is 2200. The van der Waals surface area contributed by atoms with Crippen LogP contribution >= 0.6 is 0 Å². The molecule has 0 amide bonds. The fourth-order valence-corrected chi connectivity index (χ4v) is 11.2. The Kier molecular flexibility index (Phi) is 74.6. The summed E-state index contributed by atoms with van der Waals surface area (Å²) in [7, 11) is 5.98. The molecule has 0 aliphatic rings. The second kappa shape index (κ2) is 78.6. The molecule has 0 spiro atoms. The molecular weight excluding hydrogens is 1220 g/mol. The summed E-state index contributed by atoms with van der Waals surface area (Å²) < 4.78 is 23.1. The van der Waals surface area contributed by atoms with E-state index in [-0.39, 0.29) is 32.2 Å². The maximum atomic E-state index is 13.0. The highest BCUT2D eigenvalue weighted by atomic mass is 16.7. The lowest BCUT2D eigenvalue weighted by Crippen LogP contribution is -2.40. The summed E-state index contributed by atoms with van der Waals surface area (Å²) in [6, 6.07) is 0. The van der Waals surface area contributed by atoms with E-state index >= 15 is 0 Å². The van der Waals surface area contributed by atoms with E-state index in [0.29, 0.717) is 23.9 Å². The normalized spacial score (nSPS) is 13.5. The van der Waals surface area contributed by atoms with Crippen LogP contribution in [-0.4, -0.2) is 87.4 Å². The van der Waals surface area contributed by atoms with Gasteiger partial charge in [-0.3, -0.25) is 9.59 Å². The molecule has 0 aliphatic carbocycles. The van der Waals surface area contributed by atoms with Gasteiger partial charge in [-0.1, -0.05) is 358 Å². The standard InChI is InChI=1S/C90H151NO8/c1-6-8-10-12-14-16-18-20-22-24-26-28-30-32-34-36-38-40-42-44-46-48-50-52-54-56-58-60-62-64-66-68-70-72-74-76-78-80-87(92)97-84-86(85-98-90(89(94)95)96-83-82-91(3,4)5)99-88(93)81-79-77-75-73-71-69-67-65-63-61-59-57-55-53-51-49-47-45-43-41-39-37-35-33-31-29-27-25-23-21-19-17-15-13-11-9-7-2/h8-11,14-17,20-23,26-29,32-35,39,41,45,47,51,53,86,90H,6-7,12-13,18-19,24-25,30-31,36-38,40,42-44,46,48-50,52,54-85H2,1-5H3/p+1/b10-8-,11-9-,16-14-,17-15-,22-20-,23-21-,28-26-,29-27-,34-32-,35-33-,41-39-,47-45-,53-51-. The lowest BCUT2D eigenvalue weighted by molar-refractivity contribution is -0.870. The van der Waals surface area contributed by atoms with Crippen LogP contribution in [0.25, 0.3) is 0 Å². The summed E-state index contributed by atoms with van der Waals surface area (Å²) in [5.41, 5.74) is 0. The maximum absolute atomic E-state index is 13.0. The molecule has 9 nitrogen and oxygen atoms in total. The second-order valence-corrected chi connectivity index (χ2v) is 28.0. The summed E-state index contributed by atoms with van der Waals surface area (Å²) >= 11 is 0. The van der Waals surface area contributed by atoms with E-state index in [1.54, 1.807) is 0 Å². The first-order valence-corrected chi connectivity index (χ1v) is 40.6. The second-order valence-electron chi connectivity index (χ2n) is 28.0. The highest BCUT2D eigenvalue weighted by Gasteiger charge is 2.25. The molecule has 0 radical (unpaired) electrons. The molecule has 2 unspecified atom stereocenters. The number of aliphatic carboxylic acids is 1. The number of nitrogens with zero attached hydrogens (tertiary/aromatic N) is 1. The van der Waals surface area contributed by atoms with Crippen molar-refractivity contribution in [1.82, 2.24) is 0 Å². The van der Waals surface area contributed by atoms with Crippen molar-refractivity contribution in [1.29, 1.82) is 0 Å². The van der Waals surface area contributed by atoms with Crippen LogP contribution in [0.15, 0.2) is 158 Å². The SMILES string of the molecule is CC/C=C\C/C=C\C/C=C\C/C=C\C/C=C\C/C=C\C/C=C\C/C=C\CCCCCCCCCCCCCCC(=O)OC(COC(=O)CCCCCCCCCCCCCCCCCCCCCCC/C=C\C/C=C\C/C=C\C/C=C\C/C=C\CC)COC(OCC[N+](C)(C)C)C(=O)O. The number of allylic oxidation sites excluding steroid dienone is 26. The van der Waals surface area contributed by atoms with E-state index in [0.717, 1.165) is 122 Å². The number of likely N-dealkylation sites (N-methyl/N-ethyl adjacent to an activating group) is 1. The molecule has 2 atom stereocenters. The smallest absolute Gasteiger partial charge is 0.361 e. The molecule has 0 aromatic heterocycles. The Labute approximate surface area is 610 Å². The molecule has 99 heavy (non-hydrogen) atoms. The predicted molar refractivity (Wildman–Crippen MR) is 428 cm³/mol. The van der Waals surface area contributed by atoms with E-state index < -0.39 is 24.3 Å². The van der Waals surface area contributed by atoms with Gasteiger partial charge in [0, 0.05) is 12.8 Å². The van der Waals surface area contributed by atoms with Crippen LogP contribution in [0.4, 0.5) is 0 Å². The average Bonchev–Trinajstić information content (AvgIpc) is 2.19. The van der Waals surface area contributed by atoms with E-state index in [1.165, 1.54) is 180 Å². The van der Waals surface area contributed by atoms with Gasteiger partial charge < -0.3 is 28.5 Å². The Morgan fingerprint density at radius 2 is 0.545 bits per heavy atom. The van der Waals surface area contributed by atoms with Crippen LogP contribution in [0.5, 0.6) is 0 Å². The highest BCUT2D eigenvalue weighted by molar-refractivity contribution is 5.71. The summed E-state index contributed by atoms with van der Waals surface area (Å²) in [6.45, 7) is 4.67. The average molecular weight is 1380 g/mol. The molecule has 564 valence electrons. The zero-order valence-corrected chi connectivity index (χ0v) is 64.6. The van der Waals surface area contributed by atoms with Gasteiger partial charge in [0.2, 0.25) is 0 Å². The number of carbonyl (C=O) groups is 3. The molecular formula is C90H152NO8+. The van der Waals surface area contributed by atoms with Crippen molar-refractivity contribution in [3.8, 4) is 0 Å². The van der Waals surface area contributed by atoms with Crippen molar-refractivity contribution in [2.45, 2.75) is 347 Å². The Balaban J connectivity index is 4.05. The van der Waals surface area contributed by atoms with Gasteiger partial charge in [-0.25, -0.2) is 4.79 Å². The van der Waals surface area contributed by atoms with Crippen molar-refractivity contribution in [3.63, 3.8) is 0 Å². The number of quaternary nitrogens is 1. The summed E-state index contributed by atoms with van der Waals surface area (Å²) in [6.07, 6.45) is 114. The van der Waals surface area contributed by atoms with Gasteiger partial charge in [-0.2, -0.15) is 0 Å². The van der Waals surface area contributed by atoms with Crippen LogP contribution in [0.1, 0.15) is 335 Å². The topological polar surface area (TPSA) is 108 Å². The van der Waals surface area contributed by atoms with Gasteiger partial charge in [-0.15, -0.1) is 0 Å². The lowest BCUT2D eigenvalue weighted by atomic mass is 10.0. The zero-order chi connectivity index (χ0) is 71.8. The van der Waals surface area contributed by atoms with Gasteiger partial charge in [0.1, 0.15) is 13.2 Å². The van der Waals surface area contributed by atoms with Gasteiger partial charge in [-0.05, 0) is 122 Å². The first kappa shape index (κ1) is 93.9. The Morgan fingerprint density at radius 1 is 0.303 bits per heavy atom. The van der Waals surface area contributed by atoms with Gasteiger partial charge >= 0.3 is 17.9 Å². The predicted octanol–water partition coefficient (Wildman–Crippen LogP) is 26.4. The number of hydrogen-bond donors (Lipinski definition) is 1. The molecule has 1 N–H and O–H groups in total. The third-order valence-corrected chi connectivity index (χ3v) is 17.3. The van der Waals surface area contributed by atoms with E-state index in [2.05, 4.69) is 172 Å². The fourth-order valence-electron chi connectivity index (χ4n) is 11.2. The first-order chi connectivity index (χ1) is 48.6. The molecule has 0 bridgehead atoms. The van der Waals surface area contributed by atoms with Gasteiger partial charge in [0.05, 0.1) is 34.4 Å². The third kappa shape index (κ3) is 80.1. The molecule has 0 saturated heterocycles. The molecule has 0 aliphatic heterocycles. The third-order valence-electron chi connectivity index (χ3n) is 17.3. The van der Waals surface area contributed by atoms with Crippen LogP contribution in [0.2, 0.25) is 0 Å². The minimum Gasteiger partial charge on any atom is -0.477 e. The Morgan fingerprint density at radius 3 is 0.808 bits per heavy atom. The first-order valence-electron chi connectivity index (χ1n) is 40.6. The number of carboxylic acids is 1. The molecule has 0 fully saturated rings. The van der Waals surface area contributed by atoms with E-state index in [9.17, 15) is 19.5 Å². The summed E-state index contributed by atoms with van der Waals surface area (Å²) in [5.74, 6) is -2.00. The van der Waals surface area contributed by atoms with Crippen LogP contribution < -0.4 is 0 Å². The van der Waals surface area contributed by atoms with Crippen molar-refractivity contribution in [2.75, 3.05) is 47.5 Å². The zero-order valence-electron chi connectivity index (χ0n) is 64.6. The number of unbranched alkanes of at least 4 members (excludes halogenated alkanes) is 33. The largest absolute Gasteiger partial charge is 0.477 e. The maximum Gasteiger partial charge on any atom is 0.361 e. The minimum absolute atomic E-state index is 0.183. The summed E-state index contributed by atoms with van der Waals surface area (Å²) in [5, 5.41) is 9.78. The number of rotatable bonds is 74. The highest BCUT2D eigenvalue weighted by Crippen LogP contribution is 2.18. The van der Waals surface area contributed by atoms with Crippen LogP contribution in [0, 0.1) is 0 Å². The van der Waals surface area contributed by atoms with Gasteiger partial charge in [0.25, 0.3) is 6.29 Å². The van der Waals surface area contributed by atoms with Crippen LogP contribution in [-0.2, 0) is 33.3 Å². The van der Waals surface area contributed by atoms with Crippen LogP contribution in [0.3, 0.4) is 0 Å². The van der Waals surface area contributed by atoms with Crippen molar-refractivity contribution in [3.05, 3.63) is 158 Å². The number of esters is 2. The van der Waals surface area contributed by atoms with Crippen molar-refractivity contribution >= 4 is 17.9 Å². The lowest BCUT2D eigenvalue weighted by Gasteiger charge is -2.25. The van der Waals surface area contributed by atoms with Crippen molar-refractivity contribution in [2.24, 2.45) is 0 Å². The molecule has 0 rings (SSSR count). The molecule has 0 aromatic rings. The van der Waals surface area contributed by atoms with Crippen molar-refractivity contribution < 1.29 is 42.9 Å². The fraction of sp³-hybridized carbons (Fsp3) is 0.678. The van der Waals surface area contributed by atoms with E-state index in [1.807, 2.05) is 21.1 Å². The monoisotopic (exact) mass is 1380 g/mol. The number of carboxylic acid groups (broad SMARTS) is 1. The molecule has 0 aromatic carbocycles. The molecule has 0 saturated carbocycles. The van der Waals surface area contributed by atoms with E-state index in [4.69, 9.17) is 18.9 Å². The molecule has 0 heterocycles. The Hall–Kier alpha value is -5.09. The minimum atomic E-state index is -1.52. The number of hydrogen-bond acceptors (Lipinski definition) is 7. The number of ether oxygens (including phenoxy) is 4. The number of carbonyl (C=O) groups excluding carboxylic acids is 2. The summed E-state index contributed by atoms with van der Waals surface area (Å²) in [4.78, 5) is 37.8.